The quantitative estimate of drug-likeness (QED) is 0.0374. The van der Waals surface area contributed by atoms with Crippen molar-refractivity contribution in [2.45, 2.75) is 176 Å². The van der Waals surface area contributed by atoms with Gasteiger partial charge in [-0.2, -0.15) is 0 Å². The molecule has 0 radical (unpaired) electrons. The van der Waals surface area contributed by atoms with Crippen molar-refractivity contribution in [1.82, 2.24) is 4.90 Å². The van der Waals surface area contributed by atoms with Crippen LogP contribution < -0.4 is 0 Å². The maximum atomic E-state index is 12.7. The molecule has 0 aliphatic rings. The molecule has 2 unspecified atom stereocenters. The maximum Gasteiger partial charge on any atom is 0.308 e. The summed E-state index contributed by atoms with van der Waals surface area (Å²) >= 11 is 0. The molecule has 0 spiro atoms. The minimum Gasteiger partial charge on any atom is -0.465 e. The number of esters is 4. The van der Waals surface area contributed by atoms with Gasteiger partial charge < -0.3 is 29.0 Å². The molecule has 0 saturated heterocycles. The standard InChI is InChI=1S/C42H79NO9/c1-6-11-15-17-25-37(23-13-8-3)41(47)49-31-21-19-27-39(45)51-34-36(33-43(10-5)29-30-44)35-52-40(46)28-20-22-32-50-42(48)38(24-14-9-4)26-18-16-12-7-2/h36-38,44H,6-35H2,1-5H3. The number of likely N-dealkylation sites (N-methyl/N-ethyl adjacent to an activating group) is 1. The highest BCUT2D eigenvalue weighted by Gasteiger charge is 2.21. The summed E-state index contributed by atoms with van der Waals surface area (Å²) in [7, 11) is 0. The van der Waals surface area contributed by atoms with Gasteiger partial charge in [0.2, 0.25) is 0 Å². The lowest BCUT2D eigenvalue weighted by Gasteiger charge is -2.25. The van der Waals surface area contributed by atoms with Crippen LogP contribution in [-0.2, 0) is 38.1 Å². The number of aliphatic hydroxyl groups is 1. The normalized spacial score (nSPS) is 13.1. The number of rotatable bonds is 37. The van der Waals surface area contributed by atoms with E-state index in [9.17, 15) is 24.3 Å². The molecule has 0 rings (SSSR count). The van der Waals surface area contributed by atoms with Crippen LogP contribution in [0.2, 0.25) is 0 Å². The number of carbonyl (C=O) groups excluding carboxylic acids is 4. The van der Waals surface area contributed by atoms with Gasteiger partial charge in [-0.3, -0.25) is 19.2 Å². The molecule has 0 saturated carbocycles. The van der Waals surface area contributed by atoms with Crippen LogP contribution in [0.3, 0.4) is 0 Å². The Bertz CT molecular complexity index is 822. The molecule has 0 aliphatic carbocycles. The Morgan fingerprint density at radius 1 is 0.519 bits per heavy atom. The van der Waals surface area contributed by atoms with E-state index in [2.05, 4.69) is 27.7 Å². The summed E-state index contributed by atoms with van der Waals surface area (Å²) in [5.74, 6) is -1.22. The predicted molar refractivity (Wildman–Crippen MR) is 208 cm³/mol. The number of ether oxygens (including phenoxy) is 4. The van der Waals surface area contributed by atoms with Gasteiger partial charge in [-0.1, -0.05) is 112 Å². The van der Waals surface area contributed by atoms with Crippen LogP contribution >= 0.6 is 0 Å². The van der Waals surface area contributed by atoms with Crippen molar-refractivity contribution in [2.24, 2.45) is 17.8 Å². The van der Waals surface area contributed by atoms with Crippen molar-refractivity contribution >= 4 is 23.9 Å². The highest BCUT2D eigenvalue weighted by Crippen LogP contribution is 2.21. The third-order valence-electron chi connectivity index (χ3n) is 9.67. The summed E-state index contributed by atoms with van der Waals surface area (Å²) < 4.78 is 22.3. The lowest BCUT2D eigenvalue weighted by molar-refractivity contribution is -0.150. The lowest BCUT2D eigenvalue weighted by Crippen LogP contribution is -2.36. The average Bonchev–Trinajstić information content (AvgIpc) is 3.14. The fourth-order valence-electron chi connectivity index (χ4n) is 6.22. The van der Waals surface area contributed by atoms with E-state index in [1.807, 2.05) is 11.8 Å². The van der Waals surface area contributed by atoms with Gasteiger partial charge in [-0.25, -0.2) is 0 Å². The monoisotopic (exact) mass is 742 g/mol. The van der Waals surface area contributed by atoms with Crippen LogP contribution in [0, 0.1) is 17.8 Å². The third kappa shape index (κ3) is 28.3. The van der Waals surface area contributed by atoms with Gasteiger partial charge >= 0.3 is 23.9 Å². The summed E-state index contributed by atoms with van der Waals surface area (Å²) in [6.45, 7) is 13.1. The van der Waals surface area contributed by atoms with E-state index in [0.717, 1.165) is 77.0 Å². The summed E-state index contributed by atoms with van der Waals surface area (Å²) in [5, 5.41) is 9.44. The Kier molecular flexibility index (Phi) is 34.3. The Hall–Kier alpha value is -2.20. The molecule has 0 heterocycles. The zero-order valence-corrected chi connectivity index (χ0v) is 34.1. The molecular weight excluding hydrogens is 662 g/mol. The number of carbonyl (C=O) groups is 4. The number of hydrogen-bond donors (Lipinski definition) is 1. The maximum absolute atomic E-state index is 12.7. The first-order chi connectivity index (χ1) is 25.3. The summed E-state index contributed by atoms with van der Waals surface area (Å²) in [4.78, 5) is 52.5. The zero-order chi connectivity index (χ0) is 38.7. The minimum atomic E-state index is -0.336. The van der Waals surface area contributed by atoms with Crippen LogP contribution in [0.5, 0.6) is 0 Å². The van der Waals surface area contributed by atoms with Gasteiger partial charge in [-0.15, -0.1) is 0 Å². The van der Waals surface area contributed by atoms with Gasteiger partial charge in [0, 0.05) is 31.8 Å². The Morgan fingerprint density at radius 2 is 0.942 bits per heavy atom. The molecule has 306 valence electrons. The van der Waals surface area contributed by atoms with E-state index >= 15 is 0 Å². The molecule has 0 aromatic carbocycles. The fourth-order valence-corrected chi connectivity index (χ4v) is 6.22. The number of hydrogen-bond acceptors (Lipinski definition) is 10. The Morgan fingerprint density at radius 3 is 1.33 bits per heavy atom. The van der Waals surface area contributed by atoms with E-state index in [0.29, 0.717) is 58.5 Å². The minimum absolute atomic E-state index is 0.00565. The van der Waals surface area contributed by atoms with Crippen molar-refractivity contribution in [3.05, 3.63) is 0 Å². The van der Waals surface area contributed by atoms with Crippen molar-refractivity contribution < 1.29 is 43.2 Å². The molecule has 1 N–H and O–H groups in total. The second kappa shape index (κ2) is 35.8. The SMILES string of the molecule is CCCCCCC(CCCC)C(=O)OCCCCC(=O)OCC(COC(=O)CCCCOC(=O)C(CCCC)CCCCCC)CN(CC)CCO. The number of unbranched alkanes of at least 4 members (excludes halogenated alkanes) is 10. The fraction of sp³-hybridized carbons (Fsp3) is 0.905. The second-order valence-corrected chi connectivity index (χ2v) is 14.5. The molecular formula is C42H79NO9. The van der Waals surface area contributed by atoms with Gasteiger partial charge in [0.1, 0.15) is 0 Å². The van der Waals surface area contributed by atoms with E-state index < -0.39 is 0 Å². The molecule has 52 heavy (non-hydrogen) atoms. The molecule has 10 heteroatoms. The largest absolute Gasteiger partial charge is 0.465 e. The topological polar surface area (TPSA) is 129 Å². The molecule has 10 nitrogen and oxygen atoms in total. The summed E-state index contributed by atoms with van der Waals surface area (Å²) in [6.07, 6.45) is 19.5. The number of aliphatic hydroxyl groups excluding tert-OH is 1. The Balaban J connectivity index is 4.60. The van der Waals surface area contributed by atoms with E-state index in [-0.39, 0.29) is 74.3 Å². The summed E-state index contributed by atoms with van der Waals surface area (Å²) in [5.41, 5.74) is 0. The zero-order valence-electron chi connectivity index (χ0n) is 34.1. The highest BCUT2D eigenvalue weighted by atomic mass is 16.6. The van der Waals surface area contributed by atoms with Gasteiger partial charge in [0.15, 0.2) is 0 Å². The molecule has 0 aliphatic heterocycles. The van der Waals surface area contributed by atoms with Crippen molar-refractivity contribution in [1.29, 1.82) is 0 Å². The van der Waals surface area contributed by atoms with Crippen LogP contribution in [0.25, 0.3) is 0 Å². The highest BCUT2D eigenvalue weighted by molar-refractivity contribution is 5.73. The molecule has 0 bridgehead atoms. The van der Waals surface area contributed by atoms with Gasteiger partial charge in [0.25, 0.3) is 0 Å². The van der Waals surface area contributed by atoms with Crippen molar-refractivity contribution in [3.63, 3.8) is 0 Å². The Labute approximate surface area is 317 Å². The molecule has 2 atom stereocenters. The van der Waals surface area contributed by atoms with E-state index in [1.165, 1.54) is 25.7 Å². The van der Waals surface area contributed by atoms with Crippen LogP contribution in [0.15, 0.2) is 0 Å². The average molecular weight is 742 g/mol. The third-order valence-corrected chi connectivity index (χ3v) is 9.67. The molecule has 0 fully saturated rings. The van der Waals surface area contributed by atoms with Gasteiger partial charge in [0.05, 0.1) is 44.9 Å². The molecule has 0 aromatic rings. The van der Waals surface area contributed by atoms with E-state index in [1.54, 1.807) is 0 Å². The van der Waals surface area contributed by atoms with Crippen LogP contribution in [0.1, 0.15) is 176 Å². The molecule has 0 amide bonds. The molecule has 0 aromatic heterocycles. The smallest absolute Gasteiger partial charge is 0.308 e. The number of nitrogens with zero attached hydrogens (tertiary/aromatic N) is 1. The van der Waals surface area contributed by atoms with E-state index in [4.69, 9.17) is 18.9 Å². The first-order valence-corrected chi connectivity index (χ1v) is 21.2. The summed E-state index contributed by atoms with van der Waals surface area (Å²) in [6, 6.07) is 0. The van der Waals surface area contributed by atoms with Crippen LogP contribution in [-0.4, -0.2) is 86.6 Å². The first kappa shape index (κ1) is 49.8. The second-order valence-electron chi connectivity index (χ2n) is 14.5. The van der Waals surface area contributed by atoms with Gasteiger partial charge in [-0.05, 0) is 57.9 Å². The van der Waals surface area contributed by atoms with Crippen molar-refractivity contribution in [2.75, 3.05) is 52.7 Å². The van der Waals surface area contributed by atoms with Crippen LogP contribution in [0.4, 0.5) is 0 Å². The predicted octanol–water partition coefficient (Wildman–Crippen LogP) is 8.98. The lowest BCUT2D eigenvalue weighted by atomic mass is 9.95. The van der Waals surface area contributed by atoms with Crippen molar-refractivity contribution in [3.8, 4) is 0 Å². The first-order valence-electron chi connectivity index (χ1n) is 21.2.